The Kier molecular flexibility index (Phi) is 6.32. The highest BCUT2D eigenvalue weighted by Gasteiger charge is 2.39. The monoisotopic (exact) mass is 435 g/mol. The molecule has 8 nitrogen and oxygen atoms in total. The van der Waals surface area contributed by atoms with Crippen molar-refractivity contribution in [3.05, 3.63) is 59.2 Å². The number of hydrogen-bond donors (Lipinski definition) is 2. The Hall–Kier alpha value is -3.52. The first-order chi connectivity index (χ1) is 15.5. The summed E-state index contributed by atoms with van der Waals surface area (Å²) in [6, 6.07) is 12.1. The van der Waals surface area contributed by atoms with Gasteiger partial charge < -0.3 is 15.0 Å². The summed E-state index contributed by atoms with van der Waals surface area (Å²) in [5, 5.41) is 5.13. The summed E-state index contributed by atoms with van der Waals surface area (Å²) in [5.74, 6) is -1.11. The second kappa shape index (κ2) is 9.32. The Morgan fingerprint density at radius 3 is 2.59 bits per heavy atom. The van der Waals surface area contributed by atoms with E-state index < -0.39 is 11.9 Å². The number of ether oxygens (including phenoxy) is 1. The molecule has 1 fully saturated rings. The lowest BCUT2D eigenvalue weighted by molar-refractivity contribution is -0.136. The van der Waals surface area contributed by atoms with E-state index in [-0.39, 0.29) is 24.1 Å². The van der Waals surface area contributed by atoms with Gasteiger partial charge in [-0.2, -0.15) is 0 Å². The zero-order valence-electron chi connectivity index (χ0n) is 17.8. The number of carbonyl (C=O) groups excluding carboxylic acids is 4. The number of nitrogens with one attached hydrogen (secondary N) is 2. The summed E-state index contributed by atoms with van der Waals surface area (Å²) in [5.41, 5.74) is 3.71. The molecule has 0 radical (unpaired) electrons. The van der Waals surface area contributed by atoms with E-state index in [0.29, 0.717) is 43.9 Å². The van der Waals surface area contributed by atoms with Crippen LogP contribution in [-0.2, 0) is 20.9 Å². The number of nitrogens with zero attached hydrogens (tertiary/aromatic N) is 1. The molecule has 2 aliphatic rings. The van der Waals surface area contributed by atoms with E-state index in [1.54, 1.807) is 18.2 Å². The predicted octanol–water partition coefficient (Wildman–Crippen LogP) is 1.88. The molecule has 1 atom stereocenters. The molecule has 1 unspecified atom stereocenters. The van der Waals surface area contributed by atoms with Crippen molar-refractivity contribution in [1.82, 2.24) is 15.5 Å². The van der Waals surface area contributed by atoms with Gasteiger partial charge in [0.25, 0.3) is 11.8 Å². The highest BCUT2D eigenvalue weighted by molar-refractivity contribution is 6.06. The Bertz CT molecular complexity index is 1060. The summed E-state index contributed by atoms with van der Waals surface area (Å²) in [4.78, 5) is 50.6. The van der Waals surface area contributed by atoms with Crippen molar-refractivity contribution in [2.75, 3.05) is 19.8 Å². The van der Waals surface area contributed by atoms with Crippen LogP contribution in [0.3, 0.4) is 0 Å². The molecular formula is C24H25N3O5. The van der Waals surface area contributed by atoms with Crippen molar-refractivity contribution in [1.29, 1.82) is 0 Å². The van der Waals surface area contributed by atoms with Gasteiger partial charge in [-0.3, -0.25) is 24.5 Å². The minimum absolute atomic E-state index is 0.172. The van der Waals surface area contributed by atoms with E-state index in [1.165, 1.54) is 4.90 Å². The van der Waals surface area contributed by atoms with Crippen molar-refractivity contribution in [3.63, 3.8) is 0 Å². The third-order valence-corrected chi connectivity index (χ3v) is 5.78. The molecule has 0 spiro atoms. The number of carbonyl (C=O) groups is 4. The van der Waals surface area contributed by atoms with E-state index in [0.717, 1.165) is 16.7 Å². The molecule has 8 heteroatoms. The van der Waals surface area contributed by atoms with Crippen LogP contribution in [0, 0.1) is 0 Å². The lowest BCUT2D eigenvalue weighted by atomic mass is 9.96. The Balaban J connectivity index is 1.52. The quantitative estimate of drug-likeness (QED) is 0.510. The minimum Gasteiger partial charge on any atom is -0.380 e. The van der Waals surface area contributed by atoms with E-state index in [1.807, 2.05) is 31.2 Å². The zero-order chi connectivity index (χ0) is 22.7. The smallest absolute Gasteiger partial charge is 0.255 e. The normalized spacial score (nSPS) is 17.8. The van der Waals surface area contributed by atoms with E-state index >= 15 is 0 Å². The van der Waals surface area contributed by atoms with Gasteiger partial charge in [-0.1, -0.05) is 24.3 Å². The summed E-state index contributed by atoms with van der Waals surface area (Å²) in [6.07, 6.45) is 0.546. The molecule has 4 amide bonds. The molecule has 2 heterocycles. The molecule has 0 bridgehead atoms. The highest BCUT2D eigenvalue weighted by atomic mass is 16.5. The number of imide groups is 1. The average Bonchev–Trinajstić information content (AvgIpc) is 3.13. The van der Waals surface area contributed by atoms with Crippen molar-refractivity contribution >= 4 is 23.6 Å². The van der Waals surface area contributed by atoms with Gasteiger partial charge in [0.2, 0.25) is 11.8 Å². The molecule has 2 aliphatic heterocycles. The van der Waals surface area contributed by atoms with Crippen LogP contribution in [0.1, 0.15) is 46.0 Å². The lowest BCUT2D eigenvalue weighted by Crippen LogP contribution is -2.52. The molecule has 2 aromatic carbocycles. The number of fused-ring (bicyclic) bond motifs is 1. The third kappa shape index (κ3) is 4.27. The SMILES string of the molecule is CCOCCNC(=O)c1ccc(-c2cccc3c2CN(C2CCC(=O)NC2=O)C3=O)cc1. The Labute approximate surface area is 185 Å². The fraction of sp³-hybridized carbons (Fsp3) is 0.333. The molecule has 1 saturated heterocycles. The maximum Gasteiger partial charge on any atom is 0.255 e. The van der Waals surface area contributed by atoms with Gasteiger partial charge >= 0.3 is 0 Å². The predicted molar refractivity (Wildman–Crippen MR) is 117 cm³/mol. The summed E-state index contributed by atoms with van der Waals surface area (Å²) in [7, 11) is 0. The van der Waals surface area contributed by atoms with Gasteiger partial charge in [-0.15, -0.1) is 0 Å². The Morgan fingerprint density at radius 2 is 1.88 bits per heavy atom. The third-order valence-electron chi connectivity index (χ3n) is 5.78. The average molecular weight is 435 g/mol. The zero-order valence-corrected chi connectivity index (χ0v) is 17.8. The molecule has 0 aromatic heterocycles. The fourth-order valence-corrected chi connectivity index (χ4v) is 4.14. The van der Waals surface area contributed by atoms with Crippen LogP contribution in [0.25, 0.3) is 11.1 Å². The first kappa shape index (κ1) is 21.7. The molecule has 0 aliphatic carbocycles. The molecule has 166 valence electrons. The summed E-state index contributed by atoms with van der Waals surface area (Å²) < 4.78 is 5.22. The van der Waals surface area contributed by atoms with Gasteiger partial charge in [-0.05, 0) is 48.2 Å². The van der Waals surface area contributed by atoms with Crippen LogP contribution >= 0.6 is 0 Å². The number of rotatable bonds is 7. The number of amides is 4. The second-order valence-corrected chi connectivity index (χ2v) is 7.76. The van der Waals surface area contributed by atoms with Crippen LogP contribution in [-0.4, -0.2) is 54.3 Å². The number of piperidine rings is 1. The van der Waals surface area contributed by atoms with Gasteiger partial charge in [-0.25, -0.2) is 0 Å². The fourth-order valence-electron chi connectivity index (χ4n) is 4.14. The van der Waals surface area contributed by atoms with Crippen LogP contribution < -0.4 is 10.6 Å². The second-order valence-electron chi connectivity index (χ2n) is 7.76. The van der Waals surface area contributed by atoms with Crippen molar-refractivity contribution in [3.8, 4) is 11.1 Å². The van der Waals surface area contributed by atoms with Crippen molar-refractivity contribution < 1.29 is 23.9 Å². The van der Waals surface area contributed by atoms with Gasteiger partial charge in [0, 0.05) is 37.2 Å². The molecule has 2 N–H and O–H groups in total. The Morgan fingerprint density at radius 1 is 1.12 bits per heavy atom. The largest absolute Gasteiger partial charge is 0.380 e. The summed E-state index contributed by atoms with van der Waals surface area (Å²) in [6.45, 7) is 3.72. The molecule has 4 rings (SSSR count). The first-order valence-corrected chi connectivity index (χ1v) is 10.7. The first-order valence-electron chi connectivity index (χ1n) is 10.7. The number of benzene rings is 2. The minimum atomic E-state index is -0.650. The number of hydrogen-bond acceptors (Lipinski definition) is 5. The maximum absolute atomic E-state index is 13.0. The van der Waals surface area contributed by atoms with E-state index in [9.17, 15) is 19.2 Å². The summed E-state index contributed by atoms with van der Waals surface area (Å²) >= 11 is 0. The molecule has 2 aromatic rings. The molecular weight excluding hydrogens is 410 g/mol. The van der Waals surface area contributed by atoms with Gasteiger partial charge in [0.05, 0.1) is 6.61 Å². The highest BCUT2D eigenvalue weighted by Crippen LogP contribution is 2.34. The molecule has 0 saturated carbocycles. The van der Waals surface area contributed by atoms with Gasteiger partial charge in [0.1, 0.15) is 6.04 Å². The van der Waals surface area contributed by atoms with E-state index in [2.05, 4.69) is 10.6 Å². The van der Waals surface area contributed by atoms with Crippen LogP contribution in [0.2, 0.25) is 0 Å². The lowest BCUT2D eigenvalue weighted by Gasteiger charge is -2.29. The van der Waals surface area contributed by atoms with Crippen molar-refractivity contribution in [2.24, 2.45) is 0 Å². The van der Waals surface area contributed by atoms with Gasteiger partial charge in [0.15, 0.2) is 0 Å². The topological polar surface area (TPSA) is 105 Å². The molecule has 32 heavy (non-hydrogen) atoms. The van der Waals surface area contributed by atoms with Crippen LogP contribution in [0.15, 0.2) is 42.5 Å². The van der Waals surface area contributed by atoms with Crippen molar-refractivity contribution in [2.45, 2.75) is 32.4 Å². The standard InChI is InChI=1S/C24H25N3O5/c1-2-32-13-12-25-22(29)16-8-6-15(7-9-16)17-4-3-5-18-19(17)14-27(24(18)31)20-10-11-21(28)26-23(20)30/h3-9,20H,2,10-14H2,1H3,(H,25,29)(H,26,28,30). The maximum atomic E-state index is 13.0. The van der Waals surface area contributed by atoms with Crippen LogP contribution in [0.4, 0.5) is 0 Å². The van der Waals surface area contributed by atoms with Crippen LogP contribution in [0.5, 0.6) is 0 Å². The van der Waals surface area contributed by atoms with E-state index in [4.69, 9.17) is 4.74 Å².